The average molecular weight is 343 g/mol. The zero-order chi connectivity index (χ0) is 14.8. The first-order valence-electron chi connectivity index (χ1n) is 7.32. The SMILES string of the molecule is CN(C)C1(C(N)Cc2ccc(F)c(Br)c2)CCCCC1. The Bertz CT molecular complexity index is 456. The first kappa shape index (κ1) is 15.9. The molecule has 0 amide bonds. The highest BCUT2D eigenvalue weighted by Crippen LogP contribution is 2.35. The molecule has 0 saturated heterocycles. The van der Waals surface area contributed by atoms with Gasteiger partial charge in [0.25, 0.3) is 0 Å². The second kappa shape index (κ2) is 6.54. The first-order valence-corrected chi connectivity index (χ1v) is 8.12. The van der Waals surface area contributed by atoms with Crippen LogP contribution < -0.4 is 5.73 Å². The molecule has 1 saturated carbocycles. The summed E-state index contributed by atoms with van der Waals surface area (Å²) in [6.45, 7) is 0. The summed E-state index contributed by atoms with van der Waals surface area (Å²) >= 11 is 3.25. The Morgan fingerprint density at radius 2 is 1.95 bits per heavy atom. The smallest absolute Gasteiger partial charge is 0.137 e. The molecule has 0 radical (unpaired) electrons. The zero-order valence-corrected chi connectivity index (χ0v) is 13.9. The van der Waals surface area contributed by atoms with Gasteiger partial charge < -0.3 is 10.6 Å². The van der Waals surface area contributed by atoms with E-state index in [1.165, 1.54) is 25.3 Å². The molecule has 0 heterocycles. The summed E-state index contributed by atoms with van der Waals surface area (Å²) in [6, 6.07) is 5.28. The Kier molecular flexibility index (Phi) is 5.21. The number of benzene rings is 1. The third-order valence-electron chi connectivity index (χ3n) is 4.74. The molecule has 1 aliphatic carbocycles. The number of hydrogen-bond donors (Lipinski definition) is 1. The molecule has 0 aromatic heterocycles. The molecule has 2 nitrogen and oxygen atoms in total. The van der Waals surface area contributed by atoms with E-state index < -0.39 is 0 Å². The van der Waals surface area contributed by atoms with E-state index in [1.54, 1.807) is 0 Å². The molecule has 1 atom stereocenters. The molecule has 1 unspecified atom stereocenters. The molecule has 4 heteroatoms. The molecular formula is C16H24BrFN2. The van der Waals surface area contributed by atoms with Gasteiger partial charge in [-0.3, -0.25) is 0 Å². The Morgan fingerprint density at radius 3 is 2.50 bits per heavy atom. The Balaban J connectivity index is 2.15. The second-order valence-electron chi connectivity index (χ2n) is 6.12. The van der Waals surface area contributed by atoms with Gasteiger partial charge in [0.15, 0.2) is 0 Å². The third-order valence-corrected chi connectivity index (χ3v) is 5.35. The highest BCUT2D eigenvalue weighted by molar-refractivity contribution is 9.10. The third kappa shape index (κ3) is 3.23. The highest BCUT2D eigenvalue weighted by atomic mass is 79.9. The van der Waals surface area contributed by atoms with Gasteiger partial charge in [-0.1, -0.05) is 25.3 Å². The fourth-order valence-corrected chi connectivity index (χ4v) is 3.85. The van der Waals surface area contributed by atoms with Gasteiger partial charge in [0, 0.05) is 11.6 Å². The van der Waals surface area contributed by atoms with Crippen LogP contribution in [-0.4, -0.2) is 30.6 Å². The van der Waals surface area contributed by atoms with E-state index >= 15 is 0 Å². The van der Waals surface area contributed by atoms with Gasteiger partial charge in [-0.15, -0.1) is 0 Å². The maximum Gasteiger partial charge on any atom is 0.137 e. The molecule has 0 bridgehead atoms. The van der Waals surface area contributed by atoms with E-state index in [9.17, 15) is 4.39 Å². The minimum Gasteiger partial charge on any atom is -0.326 e. The van der Waals surface area contributed by atoms with Gasteiger partial charge in [-0.05, 0) is 67.0 Å². The second-order valence-corrected chi connectivity index (χ2v) is 6.97. The van der Waals surface area contributed by atoms with Crippen molar-refractivity contribution < 1.29 is 4.39 Å². The maximum absolute atomic E-state index is 13.3. The molecule has 2 rings (SSSR count). The highest BCUT2D eigenvalue weighted by Gasteiger charge is 2.39. The zero-order valence-electron chi connectivity index (χ0n) is 12.3. The van der Waals surface area contributed by atoms with E-state index in [4.69, 9.17) is 5.73 Å². The van der Waals surface area contributed by atoms with E-state index in [1.807, 2.05) is 12.1 Å². The van der Waals surface area contributed by atoms with Crippen LogP contribution in [0.3, 0.4) is 0 Å². The van der Waals surface area contributed by atoms with E-state index in [2.05, 4.69) is 34.9 Å². The predicted octanol–water partition coefficient (Wildman–Crippen LogP) is 3.72. The molecule has 0 spiro atoms. The van der Waals surface area contributed by atoms with Crippen LogP contribution in [0.1, 0.15) is 37.7 Å². The summed E-state index contributed by atoms with van der Waals surface area (Å²) in [7, 11) is 4.26. The first-order chi connectivity index (χ1) is 9.45. The normalized spacial score (nSPS) is 20.1. The minimum atomic E-state index is -0.220. The van der Waals surface area contributed by atoms with Crippen LogP contribution in [0.25, 0.3) is 0 Å². The molecule has 0 aliphatic heterocycles. The van der Waals surface area contributed by atoms with Gasteiger partial charge >= 0.3 is 0 Å². The quantitative estimate of drug-likeness (QED) is 0.903. The molecule has 1 aromatic carbocycles. The summed E-state index contributed by atoms with van der Waals surface area (Å²) in [5.74, 6) is -0.220. The van der Waals surface area contributed by atoms with Crippen molar-refractivity contribution in [3.05, 3.63) is 34.1 Å². The van der Waals surface area contributed by atoms with Crippen molar-refractivity contribution in [2.45, 2.75) is 50.1 Å². The van der Waals surface area contributed by atoms with Gasteiger partial charge in [-0.25, -0.2) is 4.39 Å². The van der Waals surface area contributed by atoms with Gasteiger partial charge in [0.1, 0.15) is 5.82 Å². The summed E-state index contributed by atoms with van der Waals surface area (Å²) in [5, 5.41) is 0. The maximum atomic E-state index is 13.3. The monoisotopic (exact) mass is 342 g/mol. The number of rotatable bonds is 4. The van der Waals surface area contributed by atoms with Gasteiger partial charge in [0.05, 0.1) is 4.47 Å². The number of halogens is 2. The van der Waals surface area contributed by atoms with Crippen LogP contribution in [0.4, 0.5) is 4.39 Å². The van der Waals surface area contributed by atoms with Crippen LogP contribution in [0.5, 0.6) is 0 Å². The van der Waals surface area contributed by atoms with Crippen molar-refractivity contribution in [2.75, 3.05) is 14.1 Å². The predicted molar refractivity (Wildman–Crippen MR) is 85.3 cm³/mol. The molecule has 2 N–H and O–H groups in total. The van der Waals surface area contributed by atoms with Gasteiger partial charge in [-0.2, -0.15) is 0 Å². The van der Waals surface area contributed by atoms with Crippen molar-refractivity contribution >= 4 is 15.9 Å². The van der Waals surface area contributed by atoms with E-state index in [0.29, 0.717) is 4.47 Å². The summed E-state index contributed by atoms with van der Waals surface area (Å²) in [4.78, 5) is 2.30. The number of hydrogen-bond acceptors (Lipinski definition) is 2. The molecule has 1 aliphatic rings. The Morgan fingerprint density at radius 1 is 1.30 bits per heavy atom. The summed E-state index contributed by atoms with van der Waals surface area (Å²) < 4.78 is 13.8. The largest absolute Gasteiger partial charge is 0.326 e. The lowest BCUT2D eigenvalue weighted by molar-refractivity contribution is 0.0716. The standard InChI is InChI=1S/C16H24BrFN2/c1-20(2)16(8-4-3-5-9-16)15(19)11-12-6-7-14(18)13(17)10-12/h6-7,10,15H,3-5,8-9,11,19H2,1-2H3. The molecule has 1 fully saturated rings. The summed E-state index contributed by atoms with van der Waals surface area (Å²) in [6.07, 6.45) is 6.91. The molecular weight excluding hydrogens is 319 g/mol. The van der Waals surface area contributed by atoms with E-state index in [0.717, 1.165) is 24.8 Å². The lowest BCUT2D eigenvalue weighted by Crippen LogP contribution is -2.59. The van der Waals surface area contributed by atoms with Crippen molar-refractivity contribution in [1.82, 2.24) is 4.90 Å². The van der Waals surface area contributed by atoms with E-state index in [-0.39, 0.29) is 17.4 Å². The summed E-state index contributed by atoms with van der Waals surface area (Å²) in [5.41, 5.74) is 7.73. The number of likely N-dealkylation sites (N-methyl/N-ethyl adjacent to an activating group) is 1. The molecule has 20 heavy (non-hydrogen) atoms. The minimum absolute atomic E-state index is 0.0789. The topological polar surface area (TPSA) is 29.3 Å². The Labute approximate surface area is 129 Å². The number of nitrogens with two attached hydrogens (primary N) is 1. The van der Waals surface area contributed by atoms with Gasteiger partial charge in [0.2, 0.25) is 0 Å². The number of nitrogens with zero attached hydrogens (tertiary/aromatic N) is 1. The van der Waals surface area contributed by atoms with Crippen molar-refractivity contribution in [1.29, 1.82) is 0 Å². The van der Waals surface area contributed by atoms with Crippen LogP contribution in [0.2, 0.25) is 0 Å². The fourth-order valence-electron chi connectivity index (χ4n) is 3.42. The average Bonchev–Trinajstić information content (AvgIpc) is 2.43. The van der Waals surface area contributed by atoms with Crippen LogP contribution in [0.15, 0.2) is 22.7 Å². The van der Waals surface area contributed by atoms with Crippen LogP contribution in [-0.2, 0) is 6.42 Å². The van der Waals surface area contributed by atoms with Crippen LogP contribution in [0, 0.1) is 5.82 Å². The molecule has 1 aromatic rings. The van der Waals surface area contributed by atoms with Crippen molar-refractivity contribution in [3.63, 3.8) is 0 Å². The fraction of sp³-hybridized carbons (Fsp3) is 0.625. The molecule has 112 valence electrons. The lowest BCUT2D eigenvalue weighted by Gasteiger charge is -2.47. The van der Waals surface area contributed by atoms with Crippen LogP contribution >= 0.6 is 15.9 Å². The lowest BCUT2D eigenvalue weighted by atomic mass is 9.74. The van der Waals surface area contributed by atoms with Crippen molar-refractivity contribution in [3.8, 4) is 0 Å². The van der Waals surface area contributed by atoms with Crippen molar-refractivity contribution in [2.24, 2.45) is 5.73 Å². The Hall–Kier alpha value is -0.450.